The van der Waals surface area contributed by atoms with E-state index in [9.17, 15) is 0 Å². The van der Waals surface area contributed by atoms with Crippen molar-refractivity contribution in [1.82, 2.24) is 0 Å². The molecule has 1 aromatic rings. The van der Waals surface area contributed by atoms with Crippen LogP contribution in [0.25, 0.3) is 10.4 Å². The molecule has 3 nitrogen and oxygen atoms in total. The van der Waals surface area contributed by atoms with Gasteiger partial charge in [-0.3, -0.25) is 0 Å². The first-order valence-electron chi connectivity index (χ1n) is 6.48. The first kappa shape index (κ1) is 12.0. The summed E-state index contributed by atoms with van der Waals surface area (Å²) in [5, 5.41) is 3.96. The molecule has 1 fully saturated rings. The van der Waals surface area contributed by atoms with E-state index < -0.39 is 0 Å². The standard InChI is InChI=1S/C14H19N3/c15-17-16-14-9-5-4-8-13(14)11-10-12-6-2-1-3-7-12/h1-3,6-7,13-14H,4-5,8-11H2/t13-,14+/m0/s1. The second kappa shape index (κ2) is 6.31. The Morgan fingerprint density at radius 1 is 1.18 bits per heavy atom. The molecule has 0 spiro atoms. The van der Waals surface area contributed by atoms with Gasteiger partial charge < -0.3 is 0 Å². The van der Waals surface area contributed by atoms with Gasteiger partial charge in [0, 0.05) is 11.0 Å². The van der Waals surface area contributed by atoms with Gasteiger partial charge in [0.2, 0.25) is 0 Å². The third-order valence-electron chi connectivity index (χ3n) is 3.72. The fourth-order valence-electron chi connectivity index (χ4n) is 2.74. The van der Waals surface area contributed by atoms with E-state index in [1.807, 2.05) is 6.07 Å². The van der Waals surface area contributed by atoms with Crippen molar-refractivity contribution < 1.29 is 0 Å². The van der Waals surface area contributed by atoms with E-state index in [2.05, 4.69) is 34.3 Å². The third kappa shape index (κ3) is 3.50. The van der Waals surface area contributed by atoms with Gasteiger partial charge in [-0.15, -0.1) is 0 Å². The second-order valence-electron chi connectivity index (χ2n) is 4.84. The maximum Gasteiger partial charge on any atom is 0.0402 e. The molecular weight excluding hydrogens is 210 g/mol. The molecule has 1 aliphatic carbocycles. The highest BCUT2D eigenvalue weighted by molar-refractivity contribution is 5.14. The Morgan fingerprint density at radius 3 is 2.71 bits per heavy atom. The summed E-state index contributed by atoms with van der Waals surface area (Å²) >= 11 is 0. The van der Waals surface area contributed by atoms with Gasteiger partial charge in [-0.05, 0) is 36.3 Å². The van der Waals surface area contributed by atoms with Crippen LogP contribution in [0.4, 0.5) is 0 Å². The van der Waals surface area contributed by atoms with Gasteiger partial charge in [-0.2, -0.15) is 0 Å². The highest BCUT2D eigenvalue weighted by Gasteiger charge is 2.23. The fourth-order valence-corrected chi connectivity index (χ4v) is 2.74. The Balaban J connectivity index is 1.90. The SMILES string of the molecule is [N-]=[N+]=N[C@@H]1CCCC[C@H]1CCc1ccccc1. The van der Waals surface area contributed by atoms with Crippen molar-refractivity contribution in [3.63, 3.8) is 0 Å². The van der Waals surface area contributed by atoms with Crippen LogP contribution in [0.15, 0.2) is 35.4 Å². The van der Waals surface area contributed by atoms with Gasteiger partial charge in [-0.1, -0.05) is 54.7 Å². The quantitative estimate of drug-likeness (QED) is 0.415. The molecule has 90 valence electrons. The Morgan fingerprint density at radius 2 is 1.94 bits per heavy atom. The molecule has 0 unspecified atom stereocenters. The summed E-state index contributed by atoms with van der Waals surface area (Å²) in [5.41, 5.74) is 9.97. The van der Waals surface area contributed by atoms with Crippen LogP contribution >= 0.6 is 0 Å². The molecule has 0 aliphatic heterocycles. The van der Waals surface area contributed by atoms with Crippen LogP contribution < -0.4 is 0 Å². The lowest BCUT2D eigenvalue weighted by molar-refractivity contribution is 0.292. The van der Waals surface area contributed by atoms with Crippen molar-refractivity contribution >= 4 is 0 Å². The number of azide groups is 1. The maximum absolute atomic E-state index is 8.58. The normalized spacial score (nSPS) is 24.0. The van der Waals surface area contributed by atoms with Crippen molar-refractivity contribution in [3.05, 3.63) is 46.3 Å². The first-order valence-corrected chi connectivity index (χ1v) is 6.48. The molecule has 0 aromatic heterocycles. The predicted molar refractivity (Wildman–Crippen MR) is 69.7 cm³/mol. The van der Waals surface area contributed by atoms with E-state index >= 15 is 0 Å². The van der Waals surface area contributed by atoms with E-state index in [0.29, 0.717) is 5.92 Å². The molecule has 1 aromatic carbocycles. The average molecular weight is 229 g/mol. The minimum atomic E-state index is 0.234. The highest BCUT2D eigenvalue weighted by Crippen LogP contribution is 2.30. The molecule has 1 saturated carbocycles. The minimum Gasteiger partial charge on any atom is -0.0903 e. The molecule has 0 saturated heterocycles. The van der Waals surface area contributed by atoms with Crippen molar-refractivity contribution in [2.24, 2.45) is 11.0 Å². The number of hydrogen-bond donors (Lipinski definition) is 0. The number of benzene rings is 1. The summed E-state index contributed by atoms with van der Waals surface area (Å²) in [6.07, 6.45) is 7.04. The van der Waals surface area contributed by atoms with Gasteiger partial charge in [-0.25, -0.2) is 0 Å². The summed E-state index contributed by atoms with van der Waals surface area (Å²) < 4.78 is 0. The van der Waals surface area contributed by atoms with E-state index in [4.69, 9.17) is 5.53 Å². The van der Waals surface area contributed by atoms with Gasteiger partial charge in [0.15, 0.2) is 0 Å². The van der Waals surface area contributed by atoms with E-state index in [0.717, 1.165) is 19.3 Å². The molecular formula is C14H19N3. The molecule has 0 radical (unpaired) electrons. The highest BCUT2D eigenvalue weighted by atomic mass is 15.1. The zero-order valence-electron chi connectivity index (χ0n) is 10.1. The van der Waals surface area contributed by atoms with Crippen LogP contribution in [0.3, 0.4) is 0 Å². The number of nitrogens with zero attached hydrogens (tertiary/aromatic N) is 3. The van der Waals surface area contributed by atoms with Crippen molar-refractivity contribution in [2.45, 2.75) is 44.6 Å². The van der Waals surface area contributed by atoms with Gasteiger partial charge in [0.25, 0.3) is 0 Å². The van der Waals surface area contributed by atoms with Crippen LogP contribution in [0, 0.1) is 5.92 Å². The third-order valence-corrected chi connectivity index (χ3v) is 3.72. The van der Waals surface area contributed by atoms with Crippen molar-refractivity contribution in [3.8, 4) is 0 Å². The molecule has 17 heavy (non-hydrogen) atoms. The van der Waals surface area contributed by atoms with Crippen LogP contribution in [0.5, 0.6) is 0 Å². The summed E-state index contributed by atoms with van der Waals surface area (Å²) in [5.74, 6) is 0.583. The fraction of sp³-hybridized carbons (Fsp3) is 0.571. The first-order chi connectivity index (χ1) is 8.40. The molecule has 0 heterocycles. The second-order valence-corrected chi connectivity index (χ2v) is 4.84. The number of rotatable bonds is 4. The van der Waals surface area contributed by atoms with Crippen LogP contribution in [0.2, 0.25) is 0 Å². The zero-order chi connectivity index (χ0) is 11.9. The molecule has 0 bridgehead atoms. The lowest BCUT2D eigenvalue weighted by atomic mass is 9.81. The predicted octanol–water partition coefficient (Wildman–Crippen LogP) is 4.49. The summed E-state index contributed by atoms with van der Waals surface area (Å²) in [6.45, 7) is 0. The molecule has 1 aliphatic rings. The van der Waals surface area contributed by atoms with Crippen molar-refractivity contribution in [1.29, 1.82) is 0 Å². The zero-order valence-corrected chi connectivity index (χ0v) is 10.1. The van der Waals surface area contributed by atoms with Crippen LogP contribution in [-0.2, 0) is 6.42 Å². The molecule has 0 amide bonds. The Kier molecular flexibility index (Phi) is 4.45. The molecule has 2 atom stereocenters. The molecule has 0 N–H and O–H groups in total. The van der Waals surface area contributed by atoms with Gasteiger partial charge in [0.05, 0.1) is 0 Å². The van der Waals surface area contributed by atoms with E-state index in [1.165, 1.54) is 24.8 Å². The lowest BCUT2D eigenvalue weighted by Crippen LogP contribution is -2.23. The monoisotopic (exact) mass is 229 g/mol. The summed E-state index contributed by atoms with van der Waals surface area (Å²) in [7, 11) is 0. The van der Waals surface area contributed by atoms with E-state index in [-0.39, 0.29) is 6.04 Å². The van der Waals surface area contributed by atoms with Crippen LogP contribution in [-0.4, -0.2) is 6.04 Å². The van der Waals surface area contributed by atoms with Gasteiger partial charge in [0.1, 0.15) is 0 Å². The topological polar surface area (TPSA) is 48.8 Å². The largest absolute Gasteiger partial charge is 0.0903 e. The van der Waals surface area contributed by atoms with Crippen LogP contribution in [0.1, 0.15) is 37.7 Å². The number of hydrogen-bond acceptors (Lipinski definition) is 1. The molecule has 2 rings (SSSR count). The smallest absolute Gasteiger partial charge is 0.0402 e. The van der Waals surface area contributed by atoms with Crippen molar-refractivity contribution in [2.75, 3.05) is 0 Å². The average Bonchev–Trinajstić information content (AvgIpc) is 2.39. The Hall–Kier alpha value is -1.47. The maximum atomic E-state index is 8.58. The Labute approximate surface area is 102 Å². The van der Waals surface area contributed by atoms with Gasteiger partial charge >= 0.3 is 0 Å². The lowest BCUT2D eigenvalue weighted by Gasteiger charge is -2.28. The van der Waals surface area contributed by atoms with E-state index in [1.54, 1.807) is 0 Å². The Bertz CT molecular complexity index is 382. The number of aryl methyl sites for hydroxylation is 1. The summed E-state index contributed by atoms with van der Waals surface area (Å²) in [4.78, 5) is 2.99. The summed E-state index contributed by atoms with van der Waals surface area (Å²) in [6, 6.07) is 10.8. The minimum absolute atomic E-state index is 0.234. The molecule has 3 heteroatoms.